The molecule has 2 rings (SSSR count). The van der Waals surface area contributed by atoms with Gasteiger partial charge in [0, 0.05) is 12.1 Å². The Labute approximate surface area is 124 Å². The van der Waals surface area contributed by atoms with E-state index in [0.717, 1.165) is 12.7 Å². The minimum absolute atomic E-state index is 0.297. The van der Waals surface area contributed by atoms with E-state index in [-0.39, 0.29) is 5.82 Å². The SMILES string of the molecule is CCNCc1cc(F)cnc1Oc1ccc(F)c(Br)c1. The molecule has 0 bridgehead atoms. The second-order valence-electron chi connectivity index (χ2n) is 4.08. The number of hydrogen-bond acceptors (Lipinski definition) is 3. The van der Waals surface area contributed by atoms with E-state index in [1.165, 1.54) is 24.3 Å². The van der Waals surface area contributed by atoms with Gasteiger partial charge in [-0.2, -0.15) is 0 Å². The fourth-order valence-electron chi connectivity index (χ4n) is 1.60. The smallest absolute Gasteiger partial charge is 0.223 e. The molecule has 0 saturated carbocycles. The fourth-order valence-corrected chi connectivity index (χ4v) is 1.96. The van der Waals surface area contributed by atoms with Crippen LogP contribution in [0.1, 0.15) is 12.5 Å². The predicted molar refractivity (Wildman–Crippen MR) is 75.7 cm³/mol. The number of aromatic nitrogens is 1. The number of benzene rings is 1. The number of pyridine rings is 1. The van der Waals surface area contributed by atoms with Crippen LogP contribution < -0.4 is 10.1 Å². The maximum Gasteiger partial charge on any atom is 0.223 e. The van der Waals surface area contributed by atoms with Crippen LogP contribution in [0.4, 0.5) is 8.78 Å². The third kappa shape index (κ3) is 3.74. The summed E-state index contributed by atoms with van der Waals surface area (Å²) >= 11 is 3.08. The molecule has 0 radical (unpaired) electrons. The first-order chi connectivity index (χ1) is 9.60. The summed E-state index contributed by atoms with van der Waals surface area (Å²) in [5.74, 6) is -0.0798. The third-order valence-corrected chi connectivity index (χ3v) is 3.17. The van der Waals surface area contributed by atoms with Crippen LogP contribution >= 0.6 is 15.9 Å². The lowest BCUT2D eigenvalue weighted by atomic mass is 10.2. The monoisotopic (exact) mass is 342 g/mol. The first-order valence-electron chi connectivity index (χ1n) is 6.08. The zero-order valence-corrected chi connectivity index (χ0v) is 12.4. The molecule has 0 spiro atoms. The van der Waals surface area contributed by atoms with E-state index in [1.54, 1.807) is 0 Å². The molecule has 0 aliphatic carbocycles. The quantitative estimate of drug-likeness (QED) is 0.890. The van der Waals surface area contributed by atoms with Crippen LogP contribution in [0.25, 0.3) is 0 Å². The number of nitrogens with zero attached hydrogens (tertiary/aromatic N) is 1. The molecule has 0 unspecified atom stereocenters. The van der Waals surface area contributed by atoms with E-state index >= 15 is 0 Å². The Balaban J connectivity index is 2.25. The Hall–Kier alpha value is -1.53. The van der Waals surface area contributed by atoms with Crippen LogP contribution in [0.5, 0.6) is 11.6 Å². The summed E-state index contributed by atoms with van der Waals surface area (Å²) in [6, 6.07) is 5.63. The molecular formula is C14H13BrF2N2O. The first kappa shape index (κ1) is 14.9. The van der Waals surface area contributed by atoms with Gasteiger partial charge in [0.25, 0.3) is 0 Å². The Kier molecular flexibility index (Phi) is 5.03. The van der Waals surface area contributed by atoms with Gasteiger partial charge in [-0.05, 0) is 46.7 Å². The molecule has 0 fully saturated rings. The summed E-state index contributed by atoms with van der Waals surface area (Å²) in [7, 11) is 0. The van der Waals surface area contributed by atoms with Crippen molar-refractivity contribution in [3.05, 3.63) is 52.1 Å². The topological polar surface area (TPSA) is 34.2 Å². The summed E-state index contributed by atoms with van der Waals surface area (Å²) < 4.78 is 32.3. The zero-order valence-electron chi connectivity index (χ0n) is 10.8. The van der Waals surface area contributed by atoms with Crippen molar-refractivity contribution >= 4 is 15.9 Å². The summed E-state index contributed by atoms with van der Waals surface area (Å²) in [5, 5.41) is 3.08. The number of rotatable bonds is 5. The van der Waals surface area contributed by atoms with E-state index < -0.39 is 5.82 Å². The zero-order chi connectivity index (χ0) is 14.5. The average Bonchev–Trinajstić information content (AvgIpc) is 2.43. The van der Waals surface area contributed by atoms with Gasteiger partial charge in [0.15, 0.2) is 0 Å². The summed E-state index contributed by atoms with van der Waals surface area (Å²) in [6.45, 7) is 3.14. The lowest BCUT2D eigenvalue weighted by Crippen LogP contribution is -2.13. The van der Waals surface area contributed by atoms with Gasteiger partial charge >= 0.3 is 0 Å². The first-order valence-corrected chi connectivity index (χ1v) is 6.87. The molecule has 3 nitrogen and oxygen atoms in total. The number of hydrogen-bond donors (Lipinski definition) is 1. The predicted octanol–water partition coefficient (Wildman–Crippen LogP) is 4.02. The highest BCUT2D eigenvalue weighted by atomic mass is 79.9. The van der Waals surface area contributed by atoms with E-state index in [9.17, 15) is 8.78 Å². The summed E-state index contributed by atoms with van der Waals surface area (Å²) in [4.78, 5) is 3.93. The van der Waals surface area contributed by atoms with Gasteiger partial charge in [-0.1, -0.05) is 6.92 Å². The minimum atomic E-state index is -0.425. The van der Waals surface area contributed by atoms with Crippen molar-refractivity contribution < 1.29 is 13.5 Å². The van der Waals surface area contributed by atoms with Gasteiger partial charge in [0.05, 0.1) is 10.7 Å². The maximum atomic E-state index is 13.2. The molecule has 6 heteroatoms. The average molecular weight is 343 g/mol. The number of halogens is 3. The molecule has 0 atom stereocenters. The number of ether oxygens (including phenoxy) is 1. The largest absolute Gasteiger partial charge is 0.439 e. The molecule has 1 aromatic heterocycles. The van der Waals surface area contributed by atoms with Crippen molar-refractivity contribution in [2.75, 3.05) is 6.54 Å². The van der Waals surface area contributed by atoms with Crippen molar-refractivity contribution in [2.24, 2.45) is 0 Å². The van der Waals surface area contributed by atoms with Crippen molar-refractivity contribution in [2.45, 2.75) is 13.5 Å². The van der Waals surface area contributed by atoms with Crippen LogP contribution in [0, 0.1) is 11.6 Å². The Bertz CT molecular complexity index is 608. The van der Waals surface area contributed by atoms with Gasteiger partial charge in [0.2, 0.25) is 5.88 Å². The molecule has 0 aliphatic heterocycles. The highest BCUT2D eigenvalue weighted by Gasteiger charge is 2.09. The molecule has 1 aromatic carbocycles. The molecule has 1 N–H and O–H groups in total. The van der Waals surface area contributed by atoms with Crippen LogP contribution in [-0.2, 0) is 6.54 Å². The molecule has 0 amide bonds. The van der Waals surface area contributed by atoms with E-state index in [0.29, 0.717) is 28.2 Å². The maximum absolute atomic E-state index is 13.2. The molecule has 0 saturated heterocycles. The Morgan fingerprint density at radius 3 is 2.80 bits per heavy atom. The summed E-state index contributed by atoms with van der Waals surface area (Å²) in [5.41, 5.74) is 0.604. The van der Waals surface area contributed by atoms with Crippen molar-refractivity contribution in [1.82, 2.24) is 10.3 Å². The normalized spacial score (nSPS) is 10.6. The van der Waals surface area contributed by atoms with Gasteiger partial charge in [-0.25, -0.2) is 13.8 Å². The molecule has 106 valence electrons. The third-order valence-electron chi connectivity index (χ3n) is 2.56. The summed E-state index contributed by atoms with van der Waals surface area (Å²) in [6.07, 6.45) is 1.09. The molecule has 20 heavy (non-hydrogen) atoms. The van der Waals surface area contributed by atoms with E-state index in [2.05, 4.69) is 26.2 Å². The second kappa shape index (κ2) is 6.76. The Morgan fingerprint density at radius 1 is 1.30 bits per heavy atom. The van der Waals surface area contributed by atoms with Gasteiger partial charge in [0.1, 0.15) is 17.4 Å². The highest BCUT2D eigenvalue weighted by molar-refractivity contribution is 9.10. The van der Waals surface area contributed by atoms with Crippen LogP contribution in [0.15, 0.2) is 34.9 Å². The fraction of sp³-hybridized carbons (Fsp3) is 0.214. The van der Waals surface area contributed by atoms with Gasteiger partial charge < -0.3 is 10.1 Å². The standard InChI is InChI=1S/C14H13BrF2N2O/c1-2-18-7-9-5-10(16)8-19-14(9)20-11-3-4-13(17)12(15)6-11/h3-6,8,18H,2,7H2,1H3. The minimum Gasteiger partial charge on any atom is -0.439 e. The Morgan fingerprint density at radius 2 is 2.10 bits per heavy atom. The lowest BCUT2D eigenvalue weighted by Gasteiger charge is -2.11. The molecule has 2 aromatic rings. The highest BCUT2D eigenvalue weighted by Crippen LogP contribution is 2.27. The van der Waals surface area contributed by atoms with Crippen LogP contribution in [0.3, 0.4) is 0 Å². The van der Waals surface area contributed by atoms with Gasteiger partial charge in [-0.15, -0.1) is 0 Å². The second-order valence-corrected chi connectivity index (χ2v) is 4.93. The van der Waals surface area contributed by atoms with Crippen molar-refractivity contribution in [3.63, 3.8) is 0 Å². The van der Waals surface area contributed by atoms with Crippen molar-refractivity contribution in [1.29, 1.82) is 0 Å². The van der Waals surface area contributed by atoms with Crippen LogP contribution in [-0.4, -0.2) is 11.5 Å². The van der Waals surface area contributed by atoms with Gasteiger partial charge in [-0.3, -0.25) is 0 Å². The van der Waals surface area contributed by atoms with E-state index in [1.807, 2.05) is 6.92 Å². The van der Waals surface area contributed by atoms with Crippen molar-refractivity contribution in [3.8, 4) is 11.6 Å². The van der Waals surface area contributed by atoms with Crippen LogP contribution in [0.2, 0.25) is 0 Å². The lowest BCUT2D eigenvalue weighted by molar-refractivity contribution is 0.447. The number of nitrogens with one attached hydrogen (secondary N) is 1. The molecule has 1 heterocycles. The molecule has 0 aliphatic rings. The molecular weight excluding hydrogens is 330 g/mol. The van der Waals surface area contributed by atoms with E-state index in [4.69, 9.17) is 4.74 Å².